The number of benzene rings is 2. The Kier molecular flexibility index (Phi) is 10.2. The number of imidazole rings is 2. The molecule has 0 bridgehead atoms. The van der Waals surface area contributed by atoms with Crippen LogP contribution in [-0.2, 0) is 34.2 Å². The van der Waals surface area contributed by atoms with Crippen LogP contribution >= 0.6 is 0 Å². The van der Waals surface area contributed by atoms with Crippen molar-refractivity contribution in [1.29, 1.82) is 0 Å². The number of nitrogens with zero attached hydrogens (tertiary/aromatic N) is 9. The van der Waals surface area contributed by atoms with E-state index in [4.69, 9.17) is 0 Å². The molecule has 38 heavy (non-hydrogen) atoms. The maximum Gasteiger partial charge on any atom is 0.241 e. The minimum atomic E-state index is -0.278. The first-order valence-electron chi connectivity index (χ1n) is 10.9. The summed E-state index contributed by atoms with van der Waals surface area (Å²) < 4.78 is 32.2. The number of aromatic nitrogens is 9. The predicted molar refractivity (Wildman–Crippen MR) is 126 cm³/mol. The fraction of sp³-hybridized carbons (Fsp3) is 0.0769. The zero-order valence-electron chi connectivity index (χ0n) is 20.2. The van der Waals surface area contributed by atoms with Crippen molar-refractivity contribution in [3.63, 3.8) is 0 Å². The second-order valence-corrected chi connectivity index (χ2v) is 7.46. The van der Waals surface area contributed by atoms with Crippen molar-refractivity contribution in [2.75, 3.05) is 0 Å². The normalized spacial score (nSPS) is 9.89. The van der Waals surface area contributed by atoms with E-state index in [-0.39, 0.29) is 31.7 Å². The molecule has 6 rings (SSSR count). The van der Waals surface area contributed by atoms with Crippen molar-refractivity contribution in [3.05, 3.63) is 122 Å². The van der Waals surface area contributed by atoms with Crippen LogP contribution in [0.5, 0.6) is 0 Å². The number of tetrazole rings is 1. The Balaban J connectivity index is 0.000000156. The number of pyridine rings is 1. The molecule has 0 aliphatic carbocycles. The van der Waals surface area contributed by atoms with Crippen molar-refractivity contribution in [2.45, 2.75) is 0 Å². The second-order valence-electron chi connectivity index (χ2n) is 7.46. The third-order valence-corrected chi connectivity index (χ3v) is 4.66. The van der Waals surface area contributed by atoms with E-state index in [1.165, 1.54) is 24.3 Å². The summed E-state index contributed by atoms with van der Waals surface area (Å²) in [6.07, 6.45) is 15.0. The fourth-order valence-corrected chi connectivity index (χ4v) is 2.91. The van der Waals surface area contributed by atoms with Gasteiger partial charge in [-0.05, 0) is 12.1 Å². The Bertz CT molecular complexity index is 1420. The molecule has 0 saturated heterocycles. The summed E-state index contributed by atoms with van der Waals surface area (Å²) in [5, 5.41) is 14.0. The second kappa shape index (κ2) is 13.8. The van der Waals surface area contributed by atoms with Crippen molar-refractivity contribution in [1.82, 2.24) is 34.7 Å². The van der Waals surface area contributed by atoms with Crippen LogP contribution in [0.2, 0.25) is 0 Å². The Morgan fingerprint density at radius 3 is 1.76 bits per heavy atom. The molecule has 9 nitrogen and oxygen atoms in total. The predicted octanol–water partition coefficient (Wildman–Crippen LogP) is 1.97. The zero-order valence-corrected chi connectivity index (χ0v) is 22.6. The summed E-state index contributed by atoms with van der Waals surface area (Å²) in [4.78, 5) is 4.02. The fourth-order valence-electron chi connectivity index (χ4n) is 2.91. The van der Waals surface area contributed by atoms with Gasteiger partial charge in [0.2, 0.25) is 12.7 Å². The molecule has 0 amide bonds. The molecule has 0 atom stereocenters. The van der Waals surface area contributed by atoms with Gasteiger partial charge in [-0.1, -0.05) is 17.4 Å². The van der Waals surface area contributed by atoms with Gasteiger partial charge in [-0.2, -0.15) is 29.5 Å². The van der Waals surface area contributed by atoms with Crippen LogP contribution in [0.25, 0.3) is 22.9 Å². The molecule has 4 heterocycles. The van der Waals surface area contributed by atoms with Crippen LogP contribution in [0.3, 0.4) is 0 Å². The van der Waals surface area contributed by atoms with Crippen LogP contribution in [0.1, 0.15) is 0 Å². The third-order valence-electron chi connectivity index (χ3n) is 4.66. The van der Waals surface area contributed by atoms with Gasteiger partial charge in [-0.3, -0.25) is 24.1 Å². The van der Waals surface area contributed by atoms with Gasteiger partial charge in [0, 0.05) is 62.7 Å². The molecule has 195 valence electrons. The van der Waals surface area contributed by atoms with Crippen molar-refractivity contribution in [2.24, 2.45) is 14.1 Å². The van der Waals surface area contributed by atoms with Gasteiger partial charge in [0.15, 0.2) is 0 Å². The Labute approximate surface area is 231 Å². The van der Waals surface area contributed by atoms with E-state index >= 15 is 0 Å². The van der Waals surface area contributed by atoms with Crippen LogP contribution < -0.4 is 14.2 Å². The topological polar surface area (TPSA) is 83.3 Å². The molecule has 0 spiro atoms. The molecule has 0 saturated carbocycles. The summed E-state index contributed by atoms with van der Waals surface area (Å²) in [5.74, 6) is -0.0915. The number of hydrogen-bond acceptors (Lipinski definition) is 4. The van der Waals surface area contributed by atoms with Crippen LogP contribution in [-0.4, -0.2) is 29.6 Å². The van der Waals surface area contributed by atoms with Crippen LogP contribution in [0.15, 0.2) is 85.6 Å². The number of hydrogen-bond donors (Lipinski definition) is 0. The van der Waals surface area contributed by atoms with E-state index in [0.717, 1.165) is 11.4 Å². The van der Waals surface area contributed by atoms with E-state index in [9.17, 15) is 8.78 Å². The smallest absolute Gasteiger partial charge is 0.241 e. The summed E-state index contributed by atoms with van der Waals surface area (Å²) in [6.45, 7) is 0. The number of halogens is 2. The van der Waals surface area contributed by atoms with Crippen molar-refractivity contribution >= 4 is 0 Å². The molecule has 6 aromatic rings. The molecule has 1 radical (unpaired) electrons. The van der Waals surface area contributed by atoms with Gasteiger partial charge in [0.05, 0.1) is 25.6 Å². The van der Waals surface area contributed by atoms with Gasteiger partial charge in [-0.25, -0.2) is 0 Å². The zero-order chi connectivity index (χ0) is 26.0. The van der Waals surface area contributed by atoms with Crippen LogP contribution in [0.4, 0.5) is 8.78 Å². The van der Waals surface area contributed by atoms with E-state index in [2.05, 4.69) is 50.4 Å². The average molecular weight is 689 g/mol. The van der Waals surface area contributed by atoms with Gasteiger partial charge in [0.25, 0.3) is 0 Å². The minimum Gasteiger partial charge on any atom is -0.348 e. The monoisotopic (exact) mass is 689 g/mol. The molecular weight excluding hydrogens is 669 g/mol. The molecule has 4 aromatic heterocycles. The van der Waals surface area contributed by atoms with Gasteiger partial charge < -0.3 is 23.4 Å². The van der Waals surface area contributed by atoms with E-state index < -0.39 is 0 Å². The van der Waals surface area contributed by atoms with Crippen molar-refractivity contribution in [3.8, 4) is 22.9 Å². The van der Waals surface area contributed by atoms with Crippen molar-refractivity contribution < 1.29 is 38.0 Å². The largest absolute Gasteiger partial charge is 0.348 e. The molecule has 0 unspecified atom stereocenters. The minimum absolute atomic E-state index is 0. The van der Waals surface area contributed by atoms with Crippen LogP contribution in [0, 0.1) is 36.4 Å². The van der Waals surface area contributed by atoms with Gasteiger partial charge in [0.1, 0.15) is 0 Å². The van der Waals surface area contributed by atoms with E-state index in [1.807, 2.05) is 51.0 Å². The Morgan fingerprint density at radius 1 is 0.816 bits per heavy atom. The number of aryl methyl sites for hydroxylation is 2. The molecule has 2 aromatic carbocycles. The van der Waals surface area contributed by atoms with Gasteiger partial charge in [-0.15, -0.1) is 24.3 Å². The summed E-state index contributed by atoms with van der Waals surface area (Å²) in [6, 6.07) is 19.8. The Hall–Kier alpha value is -4.41. The SMILES string of the molecule is C[n+]1[c-]n(-c2[c-]cc(F)cc2)cc1.C[n+]1[c-]n(-c2[c-]cc(F)cc2)cc1.[Ir].c1ccc(-c2nnn[n-]2)nc1. The quantitative estimate of drug-likeness (QED) is 0.210. The Morgan fingerprint density at radius 2 is 1.39 bits per heavy atom. The standard InChI is InChI=1S/2C10H8FN2.C6H4N5.Ir/c2*1-12-6-7-13(8-12)10-4-2-9(11)3-5-10;1-2-4-7-5(3-1)6-8-10-11-9-6;/h2*2-4,6-7H,1H3;1-4H;/q3*-1;. The maximum absolute atomic E-state index is 12.6. The molecule has 0 aliphatic rings. The molecule has 0 N–H and O–H groups in total. The summed E-state index contributed by atoms with van der Waals surface area (Å²) >= 11 is 0. The average Bonchev–Trinajstić information content (AvgIpc) is 3.69. The third kappa shape index (κ3) is 8.05. The van der Waals surface area contributed by atoms with E-state index in [0.29, 0.717) is 11.5 Å². The maximum atomic E-state index is 12.6. The first kappa shape index (κ1) is 28.2. The van der Waals surface area contributed by atoms with E-state index in [1.54, 1.807) is 42.7 Å². The summed E-state index contributed by atoms with van der Waals surface area (Å²) in [7, 11) is 3.75. The summed E-state index contributed by atoms with van der Waals surface area (Å²) in [5.41, 5.74) is 2.25. The molecule has 12 heteroatoms. The first-order chi connectivity index (χ1) is 18.0. The molecule has 0 aliphatic heterocycles. The molecular formula is C26H20F2IrN9-3. The molecule has 0 fully saturated rings. The first-order valence-corrected chi connectivity index (χ1v) is 10.9. The number of rotatable bonds is 3. The van der Waals surface area contributed by atoms with Gasteiger partial charge >= 0.3 is 0 Å².